The number of hydrogen-bond acceptors (Lipinski definition) is 6. The van der Waals surface area contributed by atoms with Crippen LogP contribution in [0, 0.1) is 0 Å². The number of nitrogens with zero attached hydrogens (tertiary/aromatic N) is 2. The van der Waals surface area contributed by atoms with Crippen LogP contribution in [0.1, 0.15) is 45.5 Å². The van der Waals surface area contributed by atoms with Crippen molar-refractivity contribution in [3.05, 3.63) is 94.0 Å². The quantitative estimate of drug-likeness (QED) is 0.163. The van der Waals surface area contributed by atoms with E-state index in [4.69, 9.17) is 18.9 Å². The highest BCUT2D eigenvalue weighted by molar-refractivity contribution is 14.0. The van der Waals surface area contributed by atoms with Gasteiger partial charge in [-0.2, -0.15) is 0 Å². The molecule has 0 spiro atoms. The van der Waals surface area contributed by atoms with Crippen LogP contribution in [0.3, 0.4) is 0 Å². The van der Waals surface area contributed by atoms with Crippen molar-refractivity contribution >= 4 is 48.0 Å². The number of benzene rings is 4. The van der Waals surface area contributed by atoms with Gasteiger partial charge < -0.3 is 38.1 Å². The first-order chi connectivity index (χ1) is 22.0. The van der Waals surface area contributed by atoms with Crippen LogP contribution < -0.4 is 29.2 Å². The molecule has 0 saturated heterocycles. The predicted octanol–water partition coefficient (Wildman–Crippen LogP) is 6.82. The average Bonchev–Trinajstić information content (AvgIpc) is 3.03. The minimum Gasteiger partial charge on any atom is -0.870 e. The molecule has 0 radical (unpaired) electrons. The second-order valence-electron chi connectivity index (χ2n) is 14.1. The molecule has 0 saturated carbocycles. The minimum absolute atomic E-state index is 0. The summed E-state index contributed by atoms with van der Waals surface area (Å²) in [5, 5.41) is 27.1. The summed E-state index contributed by atoms with van der Waals surface area (Å²) in [5.74, 6) is 2.16. The maximum Gasteiger partial charge on any atom is 0.169 e. The number of likely N-dealkylation sites (N-methyl/N-ethyl adjacent to an activating group) is 2. The molecule has 10 heteroatoms. The largest absolute Gasteiger partial charge is 0.870 e. The first-order valence-electron chi connectivity index (χ1n) is 16.0. The monoisotopic (exact) mass is 878 g/mol. The van der Waals surface area contributed by atoms with Crippen molar-refractivity contribution in [2.45, 2.75) is 37.8 Å². The van der Waals surface area contributed by atoms with Crippen molar-refractivity contribution in [1.29, 1.82) is 0 Å². The van der Waals surface area contributed by atoms with Crippen LogP contribution in [-0.4, -0.2) is 64.5 Å². The Morgan fingerprint density at radius 2 is 1.27 bits per heavy atom. The second-order valence-corrected chi connectivity index (χ2v) is 14.1. The van der Waals surface area contributed by atoms with E-state index in [-0.39, 0.29) is 83.0 Å². The number of ether oxygens (including phenoxy) is 4. The molecule has 0 unspecified atom stereocenters. The van der Waals surface area contributed by atoms with Crippen LogP contribution >= 0.6 is 48.0 Å². The molecule has 4 heterocycles. The van der Waals surface area contributed by atoms with Gasteiger partial charge in [-0.3, -0.25) is 0 Å². The minimum atomic E-state index is -0.259. The van der Waals surface area contributed by atoms with Crippen molar-refractivity contribution in [2.75, 3.05) is 55.5 Å². The molecule has 8 rings (SSSR count). The van der Waals surface area contributed by atoms with Gasteiger partial charge >= 0.3 is 0 Å². The maximum atomic E-state index is 13.9. The molecule has 0 N–H and O–H groups in total. The van der Waals surface area contributed by atoms with Crippen molar-refractivity contribution in [3.8, 4) is 46.0 Å². The van der Waals surface area contributed by atoms with Gasteiger partial charge in [0.25, 0.3) is 0 Å². The van der Waals surface area contributed by atoms with Crippen molar-refractivity contribution in [3.63, 3.8) is 0 Å². The summed E-state index contributed by atoms with van der Waals surface area (Å²) in [4.78, 5) is 0. The van der Waals surface area contributed by atoms with E-state index in [0.29, 0.717) is 33.9 Å². The van der Waals surface area contributed by atoms with Crippen LogP contribution in [0.25, 0.3) is 0 Å². The van der Waals surface area contributed by atoms with Gasteiger partial charge in [0.05, 0.1) is 61.1 Å². The Hall–Kier alpha value is -2.94. The summed E-state index contributed by atoms with van der Waals surface area (Å²) < 4.78 is 25.8. The van der Waals surface area contributed by atoms with Crippen LogP contribution in [0.15, 0.2) is 60.7 Å². The Balaban J connectivity index is 0.00000225. The van der Waals surface area contributed by atoms with Crippen molar-refractivity contribution in [2.24, 2.45) is 0 Å². The molecule has 4 aromatic carbocycles. The normalized spacial score (nSPS) is 19.9. The highest BCUT2D eigenvalue weighted by atomic mass is 127. The van der Waals surface area contributed by atoms with E-state index in [1.54, 1.807) is 13.2 Å². The molecule has 6 bridgehead atoms. The third kappa shape index (κ3) is 6.52. The fourth-order valence-corrected chi connectivity index (χ4v) is 7.59. The van der Waals surface area contributed by atoms with Gasteiger partial charge in [-0.1, -0.05) is 30.0 Å². The van der Waals surface area contributed by atoms with Crippen LogP contribution in [0.5, 0.6) is 46.0 Å². The zero-order valence-electron chi connectivity index (χ0n) is 28.3. The maximum absolute atomic E-state index is 13.9. The van der Waals surface area contributed by atoms with Crippen molar-refractivity contribution < 1.29 is 38.1 Å². The average molecular weight is 879 g/mol. The third-order valence-electron chi connectivity index (χ3n) is 10.5. The molecule has 0 aromatic heterocycles. The van der Waals surface area contributed by atoms with E-state index >= 15 is 0 Å². The Labute approximate surface area is 317 Å². The topological polar surface area (TPSA) is 83.0 Å². The molecule has 48 heavy (non-hydrogen) atoms. The smallest absolute Gasteiger partial charge is 0.169 e. The van der Waals surface area contributed by atoms with E-state index in [0.717, 1.165) is 59.1 Å². The number of hydrogen-bond donors (Lipinski definition) is 0. The number of methoxy groups -OCH3 is 2. The van der Waals surface area contributed by atoms with Crippen LogP contribution in [-0.2, 0) is 25.7 Å². The zero-order valence-corrected chi connectivity index (χ0v) is 33.0. The summed E-state index contributed by atoms with van der Waals surface area (Å²) in [6.45, 7) is 1.86. The predicted molar refractivity (Wildman–Crippen MR) is 203 cm³/mol. The molecular formula is C38H44I2N2O6. The number of fused-ring (bicyclic) bond motifs is 2. The van der Waals surface area contributed by atoms with E-state index in [9.17, 15) is 10.2 Å². The molecule has 4 aliphatic heterocycles. The lowest BCUT2D eigenvalue weighted by molar-refractivity contribution is -0.923. The first-order valence-corrected chi connectivity index (χ1v) is 16.0. The SMILES string of the molecule is COc1cc2c3cc1Oc1cc(ccc1[O-])C[C@H]1c4c(cc(OC)c([O-])c4Oc4ccc(cc4)C[C@@H]3[N+](C)(C)CC2)CC[N+]1(C)C.I.I. The van der Waals surface area contributed by atoms with E-state index in [2.05, 4.69) is 52.5 Å². The summed E-state index contributed by atoms with van der Waals surface area (Å²) in [5.41, 5.74) is 6.47. The van der Waals surface area contributed by atoms with Gasteiger partial charge in [-0.05, 0) is 64.4 Å². The molecule has 0 amide bonds. The van der Waals surface area contributed by atoms with Crippen LogP contribution in [0.2, 0.25) is 0 Å². The summed E-state index contributed by atoms with van der Waals surface area (Å²) in [6.07, 6.45) is 3.07. The van der Waals surface area contributed by atoms with E-state index in [1.807, 2.05) is 30.3 Å². The van der Waals surface area contributed by atoms with Gasteiger partial charge in [0.1, 0.15) is 35.1 Å². The molecule has 0 aliphatic carbocycles. The van der Waals surface area contributed by atoms with Gasteiger partial charge in [0.2, 0.25) is 0 Å². The van der Waals surface area contributed by atoms with Gasteiger partial charge in [0, 0.05) is 31.2 Å². The van der Waals surface area contributed by atoms with Crippen molar-refractivity contribution in [1.82, 2.24) is 0 Å². The first kappa shape index (κ1) is 36.3. The summed E-state index contributed by atoms with van der Waals surface area (Å²) in [6, 6.07) is 19.5. The van der Waals surface area contributed by atoms with E-state index in [1.165, 1.54) is 18.2 Å². The second kappa shape index (κ2) is 13.8. The molecular weight excluding hydrogens is 834 g/mol. The lowest BCUT2D eigenvalue weighted by atomic mass is 9.85. The molecule has 4 aromatic rings. The van der Waals surface area contributed by atoms with Crippen LogP contribution in [0.4, 0.5) is 0 Å². The summed E-state index contributed by atoms with van der Waals surface area (Å²) >= 11 is 0. The fraction of sp³-hybridized carbons (Fsp3) is 0.368. The fourth-order valence-electron chi connectivity index (χ4n) is 7.59. The lowest BCUT2D eigenvalue weighted by Gasteiger charge is -2.44. The highest BCUT2D eigenvalue weighted by Gasteiger charge is 2.40. The molecule has 4 aliphatic rings. The van der Waals surface area contributed by atoms with Gasteiger partial charge in [-0.25, -0.2) is 0 Å². The lowest BCUT2D eigenvalue weighted by Crippen LogP contribution is -2.48. The molecule has 8 nitrogen and oxygen atoms in total. The van der Waals surface area contributed by atoms with Gasteiger partial charge in [-0.15, -0.1) is 48.0 Å². The van der Waals surface area contributed by atoms with Gasteiger partial charge in [0.15, 0.2) is 11.5 Å². The Kier molecular flexibility index (Phi) is 10.4. The van der Waals surface area contributed by atoms with E-state index < -0.39 is 0 Å². The zero-order chi connectivity index (χ0) is 32.4. The molecule has 256 valence electrons. The Bertz CT molecular complexity index is 1830. The third-order valence-corrected chi connectivity index (χ3v) is 10.5. The highest BCUT2D eigenvalue weighted by Crippen LogP contribution is 2.50. The number of quaternary nitrogens is 2. The number of halogens is 2. The Morgan fingerprint density at radius 3 is 1.96 bits per heavy atom. The molecule has 2 atom stereocenters. The standard InChI is InChI=1S/C38H42N2O6.2HI/c1-39(2)15-13-25-20-33(43-5)34-22-28(25)29(39)17-23-7-10-27(11-8-23)45-38-36-26(21-35(44-6)37(38)42)14-16-40(3,4)30(36)18-24-9-12-31(41)32(19-24)46-34;;/h7-12,19-22,29-30H,13-18H2,1-6H3;2*1H/t29-,30-;;/m0../s1. The summed E-state index contributed by atoms with van der Waals surface area (Å²) in [7, 11) is 12.1. The Morgan fingerprint density at radius 1 is 0.667 bits per heavy atom. The molecule has 0 fully saturated rings. The number of rotatable bonds is 2.